The molecule has 68 valence electrons. The van der Waals surface area contributed by atoms with Crippen molar-refractivity contribution >= 4 is 10.9 Å². The number of hydrogen-bond donors (Lipinski definition) is 3. The fourth-order valence-electron chi connectivity index (χ4n) is 1.66. The molecular formula is C10H13N3. The highest BCUT2D eigenvalue weighted by atomic mass is 14.8. The van der Waals surface area contributed by atoms with E-state index in [0.29, 0.717) is 13.1 Å². The van der Waals surface area contributed by atoms with E-state index in [1.165, 1.54) is 5.39 Å². The van der Waals surface area contributed by atoms with Gasteiger partial charge in [0.25, 0.3) is 0 Å². The Morgan fingerprint density at radius 1 is 1.08 bits per heavy atom. The first-order chi connectivity index (χ1) is 6.36. The van der Waals surface area contributed by atoms with Gasteiger partial charge < -0.3 is 16.5 Å². The van der Waals surface area contributed by atoms with Gasteiger partial charge in [-0.05, 0) is 11.6 Å². The summed E-state index contributed by atoms with van der Waals surface area (Å²) < 4.78 is 0. The molecule has 0 aliphatic carbocycles. The summed E-state index contributed by atoms with van der Waals surface area (Å²) in [5.74, 6) is 0. The molecule has 0 aliphatic rings. The van der Waals surface area contributed by atoms with E-state index in [1.54, 1.807) is 0 Å². The lowest BCUT2D eigenvalue weighted by molar-refractivity contribution is 0.958. The van der Waals surface area contributed by atoms with Gasteiger partial charge in [0.1, 0.15) is 0 Å². The molecule has 3 heteroatoms. The lowest BCUT2D eigenvalue weighted by Gasteiger charge is -1.96. The second kappa shape index (κ2) is 3.20. The van der Waals surface area contributed by atoms with Gasteiger partial charge in [0.05, 0.1) is 0 Å². The Hall–Kier alpha value is -1.32. The first-order valence-corrected chi connectivity index (χ1v) is 4.35. The second-order valence-corrected chi connectivity index (χ2v) is 3.04. The topological polar surface area (TPSA) is 67.8 Å². The summed E-state index contributed by atoms with van der Waals surface area (Å²) in [6.07, 6.45) is 0. The molecule has 3 nitrogen and oxygen atoms in total. The smallest absolute Gasteiger partial charge is 0.0459 e. The number of benzene rings is 1. The molecule has 0 saturated heterocycles. The predicted octanol–water partition coefficient (Wildman–Crippen LogP) is 1.09. The molecule has 0 spiro atoms. The van der Waals surface area contributed by atoms with E-state index >= 15 is 0 Å². The van der Waals surface area contributed by atoms with Crippen LogP contribution in [0.2, 0.25) is 0 Å². The maximum Gasteiger partial charge on any atom is 0.0459 e. The third-order valence-electron chi connectivity index (χ3n) is 2.31. The van der Waals surface area contributed by atoms with Gasteiger partial charge >= 0.3 is 0 Å². The fraction of sp³-hybridized carbons (Fsp3) is 0.200. The van der Waals surface area contributed by atoms with Crippen molar-refractivity contribution in [3.05, 3.63) is 35.5 Å². The molecule has 1 heterocycles. The third kappa shape index (κ3) is 1.22. The molecule has 1 aromatic carbocycles. The Bertz CT molecular complexity index is 417. The summed E-state index contributed by atoms with van der Waals surface area (Å²) in [5, 5.41) is 1.19. The van der Waals surface area contributed by atoms with Gasteiger partial charge in [-0.25, -0.2) is 0 Å². The first kappa shape index (κ1) is 8.29. The van der Waals surface area contributed by atoms with E-state index in [9.17, 15) is 0 Å². The van der Waals surface area contributed by atoms with Crippen molar-refractivity contribution in [2.75, 3.05) is 0 Å². The van der Waals surface area contributed by atoms with Crippen LogP contribution in [0.5, 0.6) is 0 Å². The third-order valence-corrected chi connectivity index (χ3v) is 2.31. The largest absolute Gasteiger partial charge is 0.357 e. The van der Waals surface area contributed by atoms with Crippen molar-refractivity contribution in [3.63, 3.8) is 0 Å². The lowest BCUT2D eigenvalue weighted by atomic mass is 10.1. The normalized spacial score (nSPS) is 10.9. The zero-order valence-electron chi connectivity index (χ0n) is 7.38. The van der Waals surface area contributed by atoms with Crippen LogP contribution in [0, 0.1) is 0 Å². The van der Waals surface area contributed by atoms with Crippen LogP contribution in [0.4, 0.5) is 0 Å². The van der Waals surface area contributed by atoms with Crippen molar-refractivity contribution in [2.24, 2.45) is 11.5 Å². The summed E-state index contributed by atoms with van der Waals surface area (Å²) in [5.41, 5.74) is 14.6. The molecule has 2 aromatic rings. The first-order valence-electron chi connectivity index (χ1n) is 4.35. The van der Waals surface area contributed by atoms with Crippen LogP contribution >= 0.6 is 0 Å². The summed E-state index contributed by atoms with van der Waals surface area (Å²) >= 11 is 0. The minimum atomic E-state index is 0.515. The van der Waals surface area contributed by atoms with Crippen LogP contribution in [0.25, 0.3) is 10.9 Å². The van der Waals surface area contributed by atoms with Crippen LogP contribution < -0.4 is 11.5 Å². The molecule has 13 heavy (non-hydrogen) atoms. The summed E-state index contributed by atoms with van der Waals surface area (Å²) in [4.78, 5) is 3.26. The molecule has 0 radical (unpaired) electrons. The molecule has 0 atom stereocenters. The Kier molecular flexibility index (Phi) is 2.04. The monoisotopic (exact) mass is 175 g/mol. The van der Waals surface area contributed by atoms with Crippen molar-refractivity contribution in [1.82, 2.24) is 4.98 Å². The molecule has 5 N–H and O–H groups in total. The number of nitrogens with one attached hydrogen (secondary N) is 1. The van der Waals surface area contributed by atoms with Gasteiger partial charge in [-0.1, -0.05) is 18.2 Å². The zero-order valence-corrected chi connectivity index (χ0v) is 7.38. The van der Waals surface area contributed by atoms with Crippen LogP contribution in [0.15, 0.2) is 24.3 Å². The zero-order chi connectivity index (χ0) is 9.26. The van der Waals surface area contributed by atoms with Gasteiger partial charge in [0.2, 0.25) is 0 Å². The molecular weight excluding hydrogens is 162 g/mol. The number of nitrogens with two attached hydrogens (primary N) is 2. The van der Waals surface area contributed by atoms with Crippen LogP contribution in [-0.2, 0) is 13.1 Å². The molecule has 0 unspecified atom stereocenters. The Morgan fingerprint density at radius 3 is 2.54 bits per heavy atom. The minimum absolute atomic E-state index is 0.515. The predicted molar refractivity (Wildman–Crippen MR) is 54.1 cm³/mol. The van der Waals surface area contributed by atoms with Crippen molar-refractivity contribution in [2.45, 2.75) is 13.1 Å². The standard InChI is InChI=1S/C10H13N3/c11-5-8-7-3-1-2-4-9(7)13-10(8)6-12/h1-4,13H,5-6,11-12H2. The second-order valence-electron chi connectivity index (χ2n) is 3.04. The number of aromatic nitrogens is 1. The number of rotatable bonds is 2. The van der Waals surface area contributed by atoms with Crippen LogP contribution in [0.1, 0.15) is 11.3 Å². The van der Waals surface area contributed by atoms with Gasteiger partial charge in [0, 0.05) is 29.7 Å². The van der Waals surface area contributed by atoms with E-state index < -0.39 is 0 Å². The summed E-state index contributed by atoms with van der Waals surface area (Å²) in [6, 6.07) is 8.11. The van der Waals surface area contributed by atoms with E-state index in [0.717, 1.165) is 16.8 Å². The maximum atomic E-state index is 5.66. The number of fused-ring (bicyclic) bond motifs is 1. The molecule has 2 rings (SSSR count). The Morgan fingerprint density at radius 2 is 1.85 bits per heavy atom. The quantitative estimate of drug-likeness (QED) is 0.639. The average molecular weight is 175 g/mol. The SMILES string of the molecule is NCc1[nH]c2ccccc2c1CN. The highest BCUT2D eigenvalue weighted by Gasteiger charge is 2.06. The number of H-pyrrole nitrogens is 1. The van der Waals surface area contributed by atoms with Crippen molar-refractivity contribution < 1.29 is 0 Å². The summed E-state index contributed by atoms with van der Waals surface area (Å²) in [6.45, 7) is 1.05. The van der Waals surface area contributed by atoms with Crippen LogP contribution in [0.3, 0.4) is 0 Å². The number of hydrogen-bond acceptors (Lipinski definition) is 2. The van der Waals surface area contributed by atoms with E-state index in [1.807, 2.05) is 18.2 Å². The fourth-order valence-corrected chi connectivity index (χ4v) is 1.66. The van der Waals surface area contributed by atoms with Gasteiger partial charge in [-0.3, -0.25) is 0 Å². The Balaban J connectivity index is 2.73. The van der Waals surface area contributed by atoms with Crippen LogP contribution in [-0.4, -0.2) is 4.98 Å². The van der Waals surface area contributed by atoms with Gasteiger partial charge in [-0.15, -0.1) is 0 Å². The maximum absolute atomic E-state index is 5.66. The molecule has 0 bridgehead atoms. The Labute approximate surface area is 76.7 Å². The number of para-hydroxylation sites is 1. The molecule has 0 amide bonds. The van der Waals surface area contributed by atoms with E-state index in [4.69, 9.17) is 11.5 Å². The highest BCUT2D eigenvalue weighted by Crippen LogP contribution is 2.21. The molecule has 0 fully saturated rings. The van der Waals surface area contributed by atoms with Crippen molar-refractivity contribution in [1.29, 1.82) is 0 Å². The average Bonchev–Trinajstić information content (AvgIpc) is 2.55. The lowest BCUT2D eigenvalue weighted by Crippen LogP contribution is -2.04. The van der Waals surface area contributed by atoms with Crippen molar-refractivity contribution in [3.8, 4) is 0 Å². The van der Waals surface area contributed by atoms with Gasteiger partial charge in [-0.2, -0.15) is 0 Å². The minimum Gasteiger partial charge on any atom is -0.357 e. The highest BCUT2D eigenvalue weighted by molar-refractivity contribution is 5.84. The number of aromatic amines is 1. The molecule has 1 aromatic heterocycles. The van der Waals surface area contributed by atoms with E-state index in [2.05, 4.69) is 11.1 Å². The summed E-state index contributed by atoms with van der Waals surface area (Å²) in [7, 11) is 0. The molecule has 0 saturated carbocycles. The van der Waals surface area contributed by atoms with E-state index in [-0.39, 0.29) is 0 Å². The molecule has 0 aliphatic heterocycles. The van der Waals surface area contributed by atoms with Gasteiger partial charge in [0.15, 0.2) is 0 Å².